The van der Waals surface area contributed by atoms with E-state index < -0.39 is 32.5 Å². The molecule has 0 aliphatic heterocycles. The van der Waals surface area contributed by atoms with E-state index in [0.717, 1.165) is 103 Å². The van der Waals surface area contributed by atoms with E-state index in [1.807, 2.05) is 27.2 Å². The lowest BCUT2D eigenvalue weighted by molar-refractivity contribution is -0.870. The minimum Gasteiger partial charge on any atom is -0.756 e. The SMILES string of the molecule is CC/C=C\C/C=C\C/C=C\C/C=C\C/C=C\CCCCCC(=O)OC(/C=C/CCCCCCCCCCCCC)C(COP(=O)([O-])OCC[N+](C)(C)C)NC(=O)CCC/C=C\C/C=C\C/C=C\C/C=C\CCCCC. The lowest BCUT2D eigenvalue weighted by Gasteiger charge is -2.30. The molecule has 10 heteroatoms. The van der Waals surface area contributed by atoms with Crippen LogP contribution in [0.4, 0.5) is 0 Å². The predicted octanol–water partition coefficient (Wildman–Crippen LogP) is 17.7. The number of amides is 1. The van der Waals surface area contributed by atoms with E-state index in [0.29, 0.717) is 23.9 Å². The Hall–Kier alpha value is -3.59. The number of nitrogens with zero attached hydrogens (tertiary/aromatic N) is 1. The zero-order valence-corrected chi connectivity index (χ0v) is 49.6. The summed E-state index contributed by atoms with van der Waals surface area (Å²) >= 11 is 0. The number of rotatable bonds is 52. The fraction of sp³-hybridized carbons (Fsp3) is 0.662. The second-order valence-corrected chi connectivity index (χ2v) is 22.2. The lowest BCUT2D eigenvalue weighted by Crippen LogP contribution is -2.47. The molecule has 0 heterocycles. The molecule has 0 bridgehead atoms. The number of phosphoric acid groups is 1. The Morgan fingerprint density at radius 2 is 0.867 bits per heavy atom. The number of phosphoric ester groups is 1. The number of hydrogen-bond donors (Lipinski definition) is 1. The van der Waals surface area contributed by atoms with Gasteiger partial charge in [0, 0.05) is 12.8 Å². The number of esters is 1. The molecule has 0 rings (SSSR count). The van der Waals surface area contributed by atoms with Crippen molar-refractivity contribution in [3.63, 3.8) is 0 Å². The zero-order valence-electron chi connectivity index (χ0n) is 48.7. The molecule has 0 aliphatic carbocycles. The number of nitrogens with one attached hydrogen (secondary N) is 1. The predicted molar refractivity (Wildman–Crippen MR) is 320 cm³/mol. The third-order valence-corrected chi connectivity index (χ3v) is 13.3. The number of carbonyl (C=O) groups is 2. The molecule has 75 heavy (non-hydrogen) atoms. The average Bonchev–Trinajstić information content (AvgIpc) is 3.37. The highest BCUT2D eigenvalue weighted by Crippen LogP contribution is 2.38. The van der Waals surface area contributed by atoms with Crippen molar-refractivity contribution in [2.24, 2.45) is 0 Å². The number of likely N-dealkylation sites (N-methyl/N-ethyl adjacent to an activating group) is 1. The summed E-state index contributed by atoms with van der Waals surface area (Å²) in [6.07, 6.45) is 74.6. The molecule has 0 aromatic heterocycles. The summed E-state index contributed by atoms with van der Waals surface area (Å²) < 4.78 is 30.2. The number of carbonyl (C=O) groups excluding carboxylic acids is 2. The number of hydrogen-bond acceptors (Lipinski definition) is 7. The largest absolute Gasteiger partial charge is 0.756 e. The van der Waals surface area contributed by atoms with Gasteiger partial charge in [-0.25, -0.2) is 0 Å². The Morgan fingerprint density at radius 3 is 1.33 bits per heavy atom. The van der Waals surface area contributed by atoms with Crippen molar-refractivity contribution in [2.45, 2.75) is 238 Å². The molecule has 3 unspecified atom stereocenters. The Kier molecular flexibility index (Phi) is 51.2. The van der Waals surface area contributed by atoms with Crippen LogP contribution in [0.25, 0.3) is 0 Å². The third kappa shape index (κ3) is 55.0. The molecule has 0 spiro atoms. The van der Waals surface area contributed by atoms with Gasteiger partial charge in [-0.2, -0.15) is 0 Å². The third-order valence-electron chi connectivity index (χ3n) is 12.4. The van der Waals surface area contributed by atoms with Crippen LogP contribution in [0.5, 0.6) is 0 Å². The molecule has 9 nitrogen and oxygen atoms in total. The van der Waals surface area contributed by atoms with E-state index in [9.17, 15) is 19.0 Å². The average molecular weight is 1060 g/mol. The molecular weight excluding hydrogens is 952 g/mol. The second-order valence-electron chi connectivity index (χ2n) is 20.8. The highest BCUT2D eigenvalue weighted by atomic mass is 31.2. The van der Waals surface area contributed by atoms with E-state index in [1.54, 1.807) is 6.08 Å². The van der Waals surface area contributed by atoms with E-state index in [1.165, 1.54) is 77.0 Å². The molecule has 0 aliphatic rings. The van der Waals surface area contributed by atoms with Crippen molar-refractivity contribution < 1.29 is 37.3 Å². The quantitative estimate of drug-likeness (QED) is 0.0212. The van der Waals surface area contributed by atoms with Gasteiger partial charge in [0.05, 0.1) is 33.8 Å². The number of unbranched alkanes of at least 4 members (excludes halogenated alkanes) is 18. The van der Waals surface area contributed by atoms with Crippen molar-refractivity contribution in [1.29, 1.82) is 0 Å². The highest BCUT2D eigenvalue weighted by Gasteiger charge is 2.27. The van der Waals surface area contributed by atoms with Crippen LogP contribution < -0.4 is 10.2 Å². The van der Waals surface area contributed by atoms with Crippen LogP contribution in [0.2, 0.25) is 0 Å². The molecule has 428 valence electrons. The Labute approximate surface area is 461 Å². The topological polar surface area (TPSA) is 114 Å². The Morgan fingerprint density at radius 1 is 0.480 bits per heavy atom. The van der Waals surface area contributed by atoms with Crippen molar-refractivity contribution in [3.05, 3.63) is 122 Å². The van der Waals surface area contributed by atoms with E-state index in [2.05, 4.69) is 135 Å². The van der Waals surface area contributed by atoms with Crippen LogP contribution in [0.3, 0.4) is 0 Å². The lowest BCUT2D eigenvalue weighted by atomic mass is 10.0. The van der Waals surface area contributed by atoms with E-state index >= 15 is 0 Å². The van der Waals surface area contributed by atoms with Gasteiger partial charge >= 0.3 is 5.97 Å². The first kappa shape index (κ1) is 71.4. The smallest absolute Gasteiger partial charge is 0.306 e. The summed E-state index contributed by atoms with van der Waals surface area (Å²) in [5, 5.41) is 2.98. The van der Waals surface area contributed by atoms with Crippen molar-refractivity contribution in [3.8, 4) is 0 Å². The minimum atomic E-state index is -4.73. The molecular formula is C65H111N2O7P. The monoisotopic (exact) mass is 1060 g/mol. The number of ether oxygens (including phenoxy) is 1. The summed E-state index contributed by atoms with van der Waals surface area (Å²) in [6.45, 7) is 6.61. The van der Waals surface area contributed by atoms with Gasteiger partial charge in [0.2, 0.25) is 5.91 Å². The fourth-order valence-electron chi connectivity index (χ4n) is 7.77. The van der Waals surface area contributed by atoms with Crippen molar-refractivity contribution in [2.75, 3.05) is 40.9 Å². The maximum atomic E-state index is 13.5. The first-order valence-electron chi connectivity index (χ1n) is 29.8. The van der Waals surface area contributed by atoms with Gasteiger partial charge in [-0.3, -0.25) is 14.2 Å². The van der Waals surface area contributed by atoms with Crippen LogP contribution in [0.1, 0.15) is 226 Å². The maximum absolute atomic E-state index is 13.5. The number of quaternary nitrogens is 1. The van der Waals surface area contributed by atoms with Crippen molar-refractivity contribution >= 4 is 19.7 Å². The molecule has 1 amide bonds. The van der Waals surface area contributed by atoms with Gasteiger partial charge in [0.15, 0.2) is 0 Å². The zero-order chi connectivity index (χ0) is 55.0. The van der Waals surface area contributed by atoms with Crippen LogP contribution in [-0.4, -0.2) is 69.4 Å². The Balaban J connectivity index is 5.50. The normalized spacial score (nSPS) is 14.6. The van der Waals surface area contributed by atoms with Crippen LogP contribution in [-0.2, 0) is 27.9 Å². The molecule has 0 radical (unpaired) electrons. The summed E-state index contributed by atoms with van der Waals surface area (Å²) in [5.74, 6) is -0.653. The van der Waals surface area contributed by atoms with Crippen LogP contribution >= 0.6 is 7.82 Å². The van der Waals surface area contributed by atoms with Gasteiger partial charge in [0.25, 0.3) is 7.82 Å². The summed E-state index contributed by atoms with van der Waals surface area (Å²) in [4.78, 5) is 39.9. The van der Waals surface area contributed by atoms with Gasteiger partial charge in [0.1, 0.15) is 19.3 Å². The summed E-state index contributed by atoms with van der Waals surface area (Å²) in [5.41, 5.74) is 0. The molecule has 0 saturated carbocycles. The first-order chi connectivity index (χ1) is 36.4. The fourth-order valence-corrected chi connectivity index (χ4v) is 8.50. The first-order valence-corrected chi connectivity index (χ1v) is 31.3. The molecule has 0 fully saturated rings. The van der Waals surface area contributed by atoms with E-state index in [-0.39, 0.29) is 25.4 Å². The maximum Gasteiger partial charge on any atom is 0.306 e. The van der Waals surface area contributed by atoms with E-state index in [4.69, 9.17) is 13.8 Å². The molecule has 3 atom stereocenters. The summed E-state index contributed by atoms with van der Waals surface area (Å²) in [7, 11) is 1.11. The molecule has 0 aromatic carbocycles. The summed E-state index contributed by atoms with van der Waals surface area (Å²) in [6, 6.07) is -0.939. The minimum absolute atomic E-state index is 0.0445. The van der Waals surface area contributed by atoms with Gasteiger partial charge in [-0.05, 0) is 115 Å². The Bertz CT molecular complexity index is 1700. The van der Waals surface area contributed by atoms with Crippen LogP contribution in [0, 0.1) is 0 Å². The number of allylic oxidation sites excluding steroid dienone is 19. The van der Waals surface area contributed by atoms with Crippen molar-refractivity contribution in [1.82, 2.24) is 5.32 Å². The highest BCUT2D eigenvalue weighted by molar-refractivity contribution is 7.45. The van der Waals surface area contributed by atoms with Gasteiger partial charge in [-0.1, -0.05) is 220 Å². The second kappa shape index (κ2) is 53.8. The van der Waals surface area contributed by atoms with Crippen LogP contribution in [0.15, 0.2) is 122 Å². The molecule has 1 N–H and O–H groups in total. The molecule has 0 aromatic rings. The standard InChI is InChI=1S/C65H111N2O7P/c1-7-10-13-16-19-22-25-28-30-32-33-35-37-40-43-46-49-52-55-58-65(69)74-63(56-53-50-47-44-41-38-27-24-21-18-15-12-9-3)62(61-73-75(70,71)72-60-59-67(4,5)6)66-64(68)57-54-51-48-45-42-39-36-34-31-29-26-23-20-17-14-11-8-2/h10,13,19-20,22-23,28-31,33,35-36,39-40,43,45,48,53,56,62-63H,7-9,11-12,14-18,21,24-27,32,34,37-38,41-42,44,46-47,49-52,54-55,57-61H2,1-6H3,(H-,66,68,70,71)/b13-10-,22-19-,23-20-,30-28-,31-29-,35-33-,39-36-,43-40-,48-45-,56-53+. The van der Waals surface area contributed by atoms with Gasteiger partial charge in [-0.15, -0.1) is 0 Å². The molecule has 0 saturated heterocycles. The van der Waals surface area contributed by atoms with Gasteiger partial charge < -0.3 is 28.5 Å².